The van der Waals surface area contributed by atoms with Crippen LogP contribution >= 0.6 is 57.9 Å². The van der Waals surface area contributed by atoms with Crippen molar-refractivity contribution in [1.29, 1.82) is 0 Å². The maximum Gasteiger partial charge on any atom is 0.573 e. The third-order valence-corrected chi connectivity index (χ3v) is 7.97. The van der Waals surface area contributed by atoms with Crippen LogP contribution in [0.25, 0.3) is 10.2 Å². The number of thioether (sulfide) groups is 1. The Hall–Kier alpha value is -1.92. The Bertz CT molecular complexity index is 1290. The lowest BCUT2D eigenvalue weighted by atomic mass is 10.2. The van der Waals surface area contributed by atoms with Gasteiger partial charge in [0.05, 0.1) is 43.7 Å². The first-order chi connectivity index (χ1) is 15.4. The molecule has 33 heavy (non-hydrogen) atoms. The van der Waals surface area contributed by atoms with E-state index in [-0.39, 0.29) is 21.5 Å². The molecule has 1 N–H and O–H groups in total. The van der Waals surface area contributed by atoms with E-state index in [0.717, 1.165) is 23.9 Å². The van der Waals surface area contributed by atoms with Gasteiger partial charge in [0.1, 0.15) is 16.3 Å². The number of carboxylic acid groups (broad SMARTS) is 1. The molecule has 0 spiro atoms. The van der Waals surface area contributed by atoms with Crippen molar-refractivity contribution >= 4 is 85.7 Å². The standard InChI is InChI=1S/C19H10Cl3F3N2O4S2/c20-8-4-9(21)17-16(15(8)22)26-13(33-17)6-27-10-2-1-7(31-19(23,24)25)3-11(10)32-12(18(27)30)5-14(28)29/h1-4,12H,5-6H2,(H,28,29). The zero-order chi connectivity index (χ0) is 24.1. The van der Waals surface area contributed by atoms with Crippen LogP contribution in [0.2, 0.25) is 15.1 Å². The number of anilines is 1. The molecule has 2 aromatic carbocycles. The fraction of sp³-hybridized carbons (Fsp3) is 0.211. The molecule has 1 amide bonds. The van der Waals surface area contributed by atoms with Gasteiger partial charge >= 0.3 is 12.3 Å². The first kappa shape index (κ1) is 24.2. The molecule has 1 atom stereocenters. The van der Waals surface area contributed by atoms with Crippen molar-refractivity contribution in [1.82, 2.24) is 4.98 Å². The Kier molecular flexibility index (Phi) is 6.62. The molecule has 6 nitrogen and oxygen atoms in total. The summed E-state index contributed by atoms with van der Waals surface area (Å²) < 4.78 is 42.4. The molecule has 0 fully saturated rings. The Morgan fingerprint density at radius 2 is 1.94 bits per heavy atom. The number of aliphatic carboxylic acids is 1. The van der Waals surface area contributed by atoms with Crippen LogP contribution in [-0.4, -0.2) is 33.6 Å². The minimum atomic E-state index is -4.90. The minimum absolute atomic E-state index is 0.0778. The molecule has 0 saturated heterocycles. The number of alkyl halides is 3. The fourth-order valence-corrected chi connectivity index (χ4v) is 6.21. The molecule has 1 aliphatic heterocycles. The highest BCUT2D eigenvalue weighted by Crippen LogP contribution is 2.45. The van der Waals surface area contributed by atoms with E-state index in [2.05, 4.69) is 9.72 Å². The zero-order valence-electron chi connectivity index (χ0n) is 16.0. The van der Waals surface area contributed by atoms with Gasteiger partial charge in [-0.2, -0.15) is 0 Å². The number of carboxylic acids is 1. The van der Waals surface area contributed by atoms with Gasteiger partial charge in [0, 0.05) is 4.90 Å². The van der Waals surface area contributed by atoms with Crippen molar-refractivity contribution in [2.45, 2.75) is 29.5 Å². The van der Waals surface area contributed by atoms with E-state index in [1.165, 1.54) is 28.4 Å². The summed E-state index contributed by atoms with van der Waals surface area (Å²) in [6.45, 7) is -0.0778. The number of amides is 1. The van der Waals surface area contributed by atoms with Gasteiger partial charge in [0.2, 0.25) is 5.91 Å². The van der Waals surface area contributed by atoms with Gasteiger partial charge in [-0.1, -0.05) is 34.8 Å². The minimum Gasteiger partial charge on any atom is -0.481 e. The smallest absolute Gasteiger partial charge is 0.481 e. The Balaban J connectivity index is 1.74. The SMILES string of the molecule is O=C(O)CC1Sc2cc(OC(F)(F)F)ccc2N(Cc2nc3c(Cl)c(Cl)cc(Cl)c3s2)C1=O. The lowest BCUT2D eigenvalue weighted by molar-refractivity contribution is -0.274. The lowest BCUT2D eigenvalue weighted by Crippen LogP contribution is -2.41. The normalized spacial score (nSPS) is 16.2. The van der Waals surface area contributed by atoms with Gasteiger partial charge in [-0.25, -0.2) is 4.98 Å². The molecule has 0 saturated carbocycles. The van der Waals surface area contributed by atoms with E-state index >= 15 is 0 Å². The van der Waals surface area contributed by atoms with Crippen molar-refractivity contribution < 1.29 is 32.6 Å². The van der Waals surface area contributed by atoms with Gasteiger partial charge in [-0.3, -0.25) is 9.59 Å². The largest absolute Gasteiger partial charge is 0.573 e. The zero-order valence-corrected chi connectivity index (χ0v) is 19.9. The molecular weight excluding hydrogens is 548 g/mol. The molecule has 4 rings (SSSR count). The highest BCUT2D eigenvalue weighted by atomic mass is 35.5. The van der Waals surface area contributed by atoms with Crippen molar-refractivity contribution in [3.63, 3.8) is 0 Å². The molecule has 1 unspecified atom stereocenters. The van der Waals surface area contributed by atoms with Gasteiger partial charge in [-0.05, 0) is 24.3 Å². The van der Waals surface area contributed by atoms with E-state index in [1.807, 2.05) is 0 Å². The second-order valence-electron chi connectivity index (χ2n) is 6.75. The Morgan fingerprint density at radius 3 is 2.61 bits per heavy atom. The summed E-state index contributed by atoms with van der Waals surface area (Å²) in [5, 5.41) is 9.28. The summed E-state index contributed by atoms with van der Waals surface area (Å²) in [6.07, 6.45) is -5.42. The maximum absolute atomic E-state index is 13.1. The number of hydrogen-bond acceptors (Lipinski definition) is 6. The topological polar surface area (TPSA) is 79.7 Å². The summed E-state index contributed by atoms with van der Waals surface area (Å²) in [5.41, 5.74) is 0.653. The molecule has 0 bridgehead atoms. The molecule has 1 aliphatic rings. The number of carbonyl (C=O) groups is 2. The van der Waals surface area contributed by atoms with Crippen molar-refractivity contribution in [2.24, 2.45) is 0 Å². The second-order valence-corrected chi connectivity index (χ2v) is 10.3. The van der Waals surface area contributed by atoms with E-state index in [1.54, 1.807) is 0 Å². The average Bonchev–Trinajstić information content (AvgIpc) is 3.12. The van der Waals surface area contributed by atoms with Gasteiger partial charge < -0.3 is 14.7 Å². The van der Waals surface area contributed by atoms with Crippen LogP contribution in [0.3, 0.4) is 0 Å². The maximum atomic E-state index is 13.1. The molecule has 0 radical (unpaired) electrons. The first-order valence-electron chi connectivity index (χ1n) is 8.95. The van der Waals surface area contributed by atoms with Crippen molar-refractivity contribution in [3.8, 4) is 5.75 Å². The molecule has 2 heterocycles. The predicted octanol–water partition coefficient (Wildman–Crippen LogP) is 6.64. The van der Waals surface area contributed by atoms with E-state index in [4.69, 9.17) is 34.8 Å². The number of fused-ring (bicyclic) bond motifs is 2. The number of halogens is 6. The number of rotatable bonds is 5. The Labute approximate surface area is 207 Å². The number of ether oxygens (including phenoxy) is 1. The van der Waals surface area contributed by atoms with E-state index in [9.17, 15) is 27.9 Å². The molecule has 0 aliphatic carbocycles. The molecule has 174 valence electrons. The highest BCUT2D eigenvalue weighted by Gasteiger charge is 2.37. The average molecular weight is 558 g/mol. The first-order valence-corrected chi connectivity index (χ1v) is 11.8. The molecule has 14 heteroatoms. The van der Waals surface area contributed by atoms with Crippen molar-refractivity contribution in [2.75, 3.05) is 4.90 Å². The van der Waals surface area contributed by atoms with Crippen LogP contribution < -0.4 is 9.64 Å². The van der Waals surface area contributed by atoms with Crippen molar-refractivity contribution in [3.05, 3.63) is 44.3 Å². The molecule has 1 aromatic heterocycles. The quantitative estimate of drug-likeness (QED) is 0.355. The number of hydrogen-bond donors (Lipinski definition) is 1. The van der Waals surface area contributed by atoms with E-state index < -0.39 is 35.7 Å². The number of benzene rings is 2. The predicted molar refractivity (Wildman–Crippen MR) is 121 cm³/mol. The Morgan fingerprint density at radius 1 is 1.21 bits per heavy atom. The summed E-state index contributed by atoms with van der Waals surface area (Å²) in [6, 6.07) is 4.98. The number of aromatic nitrogens is 1. The van der Waals surface area contributed by atoms with Crippen LogP contribution in [-0.2, 0) is 16.1 Å². The number of carbonyl (C=O) groups excluding carboxylic acids is 1. The van der Waals surface area contributed by atoms with Gasteiger partial charge in [0.25, 0.3) is 0 Å². The summed E-state index contributed by atoms with van der Waals surface area (Å²) in [7, 11) is 0. The van der Waals surface area contributed by atoms with Crippen LogP contribution in [0.15, 0.2) is 29.2 Å². The summed E-state index contributed by atoms with van der Waals surface area (Å²) in [5.74, 6) is -2.22. The van der Waals surface area contributed by atoms with Crippen LogP contribution in [0.1, 0.15) is 11.4 Å². The lowest BCUT2D eigenvalue weighted by Gasteiger charge is -2.33. The van der Waals surface area contributed by atoms with E-state index in [0.29, 0.717) is 25.9 Å². The number of thiazole rings is 1. The van der Waals surface area contributed by atoms with Crippen LogP contribution in [0, 0.1) is 0 Å². The molecule has 3 aromatic rings. The van der Waals surface area contributed by atoms with Gasteiger partial charge in [0.15, 0.2) is 0 Å². The van der Waals surface area contributed by atoms with Crippen LogP contribution in [0.5, 0.6) is 5.75 Å². The second kappa shape index (κ2) is 9.03. The highest BCUT2D eigenvalue weighted by molar-refractivity contribution is 8.01. The summed E-state index contributed by atoms with van der Waals surface area (Å²) >= 11 is 20.5. The van der Waals surface area contributed by atoms with Crippen LogP contribution in [0.4, 0.5) is 18.9 Å². The fourth-order valence-electron chi connectivity index (χ4n) is 3.19. The summed E-state index contributed by atoms with van der Waals surface area (Å²) in [4.78, 5) is 30.3. The third-order valence-electron chi connectivity index (χ3n) is 4.48. The molecular formula is C19H10Cl3F3N2O4S2. The number of nitrogens with zero attached hydrogens (tertiary/aromatic N) is 2. The monoisotopic (exact) mass is 556 g/mol. The van der Waals surface area contributed by atoms with Gasteiger partial charge in [-0.15, -0.1) is 36.3 Å². The third kappa shape index (κ3) is 5.12.